The molecule has 13 heavy (non-hydrogen) atoms. The Morgan fingerprint density at radius 2 is 1.31 bits per heavy atom. The lowest BCUT2D eigenvalue weighted by atomic mass is 10.2. The van der Waals surface area contributed by atoms with Crippen LogP contribution in [0.15, 0.2) is 24.5 Å². The monoisotopic (exact) mass is 182 g/mol. The van der Waals surface area contributed by atoms with E-state index in [1.54, 1.807) is 12.4 Å². The van der Waals surface area contributed by atoms with Gasteiger partial charge in [0.2, 0.25) is 0 Å². The predicted molar refractivity (Wildman–Crippen MR) is 58.5 cm³/mol. The lowest BCUT2D eigenvalue weighted by molar-refractivity contribution is 0.626. The molecule has 0 aliphatic heterocycles. The second kappa shape index (κ2) is 13.7. The number of aromatic nitrogens is 2. The first kappa shape index (κ1) is 14.6. The predicted octanol–water partition coefficient (Wildman–Crippen LogP) is 3.56. The van der Waals surface area contributed by atoms with Crippen LogP contribution in [0.5, 0.6) is 0 Å². The molecule has 1 heterocycles. The van der Waals surface area contributed by atoms with Crippen LogP contribution in [0, 0.1) is 5.92 Å². The minimum Gasteiger partial charge on any atom is -0.159 e. The molecule has 0 atom stereocenters. The summed E-state index contributed by atoms with van der Waals surface area (Å²) in [4.78, 5) is 0. The highest BCUT2D eigenvalue weighted by Crippen LogP contribution is 1.93. The van der Waals surface area contributed by atoms with Crippen LogP contribution in [0.25, 0.3) is 0 Å². The van der Waals surface area contributed by atoms with Crippen LogP contribution in [0.1, 0.15) is 41.0 Å². The summed E-state index contributed by atoms with van der Waals surface area (Å²) in [5.41, 5.74) is 0. The van der Waals surface area contributed by atoms with E-state index in [0.717, 1.165) is 5.92 Å². The minimum atomic E-state index is 0.884. The van der Waals surface area contributed by atoms with Gasteiger partial charge in [0.25, 0.3) is 0 Å². The van der Waals surface area contributed by atoms with E-state index in [0.29, 0.717) is 0 Å². The molecule has 1 rings (SSSR count). The van der Waals surface area contributed by atoms with E-state index in [2.05, 4.69) is 31.0 Å². The van der Waals surface area contributed by atoms with Crippen molar-refractivity contribution in [3.05, 3.63) is 24.5 Å². The number of nitrogens with zero attached hydrogens (tertiary/aromatic N) is 2. The molecule has 0 saturated heterocycles. The van der Waals surface area contributed by atoms with Crippen molar-refractivity contribution in [2.24, 2.45) is 5.92 Å². The number of hydrogen-bond acceptors (Lipinski definition) is 2. The van der Waals surface area contributed by atoms with Crippen molar-refractivity contribution in [3.63, 3.8) is 0 Å². The van der Waals surface area contributed by atoms with E-state index in [4.69, 9.17) is 0 Å². The molecule has 76 valence electrons. The van der Waals surface area contributed by atoms with Gasteiger partial charge in [-0.15, -0.1) is 0 Å². The second-order valence-corrected chi connectivity index (χ2v) is 2.72. The van der Waals surface area contributed by atoms with Crippen LogP contribution in [0.4, 0.5) is 0 Å². The molecule has 0 saturated carbocycles. The first-order valence-corrected chi connectivity index (χ1v) is 4.99. The molecule has 0 bridgehead atoms. The Hall–Kier alpha value is -0.920. The Kier molecular flexibility index (Phi) is 15.3. The van der Waals surface area contributed by atoms with Gasteiger partial charge in [0.1, 0.15) is 0 Å². The molecule has 0 aliphatic carbocycles. The van der Waals surface area contributed by atoms with Gasteiger partial charge in [0, 0.05) is 12.4 Å². The quantitative estimate of drug-likeness (QED) is 0.663. The summed E-state index contributed by atoms with van der Waals surface area (Å²) < 4.78 is 0. The Balaban J connectivity index is 0. The molecule has 0 aromatic carbocycles. The average molecular weight is 182 g/mol. The van der Waals surface area contributed by atoms with Gasteiger partial charge in [-0.2, -0.15) is 10.2 Å². The molecule has 2 heteroatoms. The third-order valence-corrected chi connectivity index (χ3v) is 1.30. The lowest BCUT2D eigenvalue weighted by Gasteiger charge is -1.90. The summed E-state index contributed by atoms with van der Waals surface area (Å²) in [6.45, 7) is 10.6. The number of rotatable bonds is 1. The molecule has 2 nitrogen and oxygen atoms in total. The van der Waals surface area contributed by atoms with Crippen LogP contribution in [-0.2, 0) is 0 Å². The molecular formula is C11H22N2. The Bertz CT molecular complexity index is 123. The van der Waals surface area contributed by atoms with E-state index < -0.39 is 0 Å². The first-order valence-electron chi connectivity index (χ1n) is 4.99. The molecule has 0 amide bonds. The first-order chi connectivity index (χ1) is 6.27. The summed E-state index contributed by atoms with van der Waals surface area (Å²) in [7, 11) is 0. The van der Waals surface area contributed by atoms with Crippen molar-refractivity contribution in [1.29, 1.82) is 0 Å². The molecule has 0 fully saturated rings. The minimum absolute atomic E-state index is 0.884. The highest BCUT2D eigenvalue weighted by Gasteiger charge is 1.80. The molecule has 0 unspecified atom stereocenters. The standard InChI is InChI=1S/C5H12.C4H4N2.C2H6/c1-4-5(2)3;1-2-4-6-5-3-1;1-2/h5H,4H2,1-3H3;1-4H;1-2H3. The largest absolute Gasteiger partial charge is 0.159 e. The molecule has 1 aromatic rings. The van der Waals surface area contributed by atoms with E-state index in [-0.39, 0.29) is 0 Å². The normalized spacial score (nSPS) is 7.85. The van der Waals surface area contributed by atoms with Gasteiger partial charge in [-0.25, -0.2) is 0 Å². The van der Waals surface area contributed by atoms with E-state index in [1.807, 2.05) is 26.0 Å². The fraction of sp³-hybridized carbons (Fsp3) is 0.636. The maximum atomic E-state index is 3.53. The van der Waals surface area contributed by atoms with Crippen LogP contribution in [0.2, 0.25) is 0 Å². The third-order valence-electron chi connectivity index (χ3n) is 1.30. The fourth-order valence-corrected chi connectivity index (χ4v) is 0.253. The van der Waals surface area contributed by atoms with Crippen molar-refractivity contribution in [1.82, 2.24) is 10.2 Å². The van der Waals surface area contributed by atoms with Gasteiger partial charge in [-0.05, 0) is 18.1 Å². The summed E-state index contributed by atoms with van der Waals surface area (Å²) in [5, 5.41) is 7.07. The molecule has 0 N–H and O–H groups in total. The van der Waals surface area contributed by atoms with E-state index >= 15 is 0 Å². The summed E-state index contributed by atoms with van der Waals surface area (Å²) in [6.07, 6.45) is 4.58. The van der Waals surface area contributed by atoms with Crippen molar-refractivity contribution in [2.45, 2.75) is 41.0 Å². The van der Waals surface area contributed by atoms with Crippen molar-refractivity contribution < 1.29 is 0 Å². The Morgan fingerprint density at radius 3 is 1.38 bits per heavy atom. The zero-order valence-electron chi connectivity index (χ0n) is 9.49. The summed E-state index contributed by atoms with van der Waals surface area (Å²) in [5.74, 6) is 0.884. The smallest absolute Gasteiger partial charge is 0.0496 e. The maximum absolute atomic E-state index is 3.53. The van der Waals surface area contributed by atoms with Gasteiger partial charge < -0.3 is 0 Å². The van der Waals surface area contributed by atoms with Crippen molar-refractivity contribution in [2.75, 3.05) is 0 Å². The zero-order valence-corrected chi connectivity index (χ0v) is 9.49. The van der Waals surface area contributed by atoms with E-state index in [1.165, 1.54) is 6.42 Å². The fourth-order valence-electron chi connectivity index (χ4n) is 0.253. The van der Waals surface area contributed by atoms with Gasteiger partial charge in [-0.1, -0.05) is 41.0 Å². The topological polar surface area (TPSA) is 25.8 Å². The van der Waals surface area contributed by atoms with Crippen molar-refractivity contribution >= 4 is 0 Å². The molecule has 1 aromatic heterocycles. The van der Waals surface area contributed by atoms with Crippen molar-refractivity contribution in [3.8, 4) is 0 Å². The van der Waals surface area contributed by atoms with E-state index in [9.17, 15) is 0 Å². The number of hydrogen-bond donors (Lipinski definition) is 0. The van der Waals surface area contributed by atoms with Gasteiger partial charge >= 0.3 is 0 Å². The van der Waals surface area contributed by atoms with Crippen LogP contribution in [0.3, 0.4) is 0 Å². The van der Waals surface area contributed by atoms with Gasteiger partial charge in [0.05, 0.1) is 0 Å². The van der Waals surface area contributed by atoms with Gasteiger partial charge in [0.15, 0.2) is 0 Å². The average Bonchev–Trinajstić information content (AvgIpc) is 2.24. The van der Waals surface area contributed by atoms with Gasteiger partial charge in [-0.3, -0.25) is 0 Å². The molecule has 0 aliphatic rings. The highest BCUT2D eigenvalue weighted by molar-refractivity contribution is 4.79. The second-order valence-electron chi connectivity index (χ2n) is 2.72. The Morgan fingerprint density at radius 1 is 1.00 bits per heavy atom. The summed E-state index contributed by atoms with van der Waals surface area (Å²) >= 11 is 0. The van der Waals surface area contributed by atoms with Crippen LogP contribution >= 0.6 is 0 Å². The molecule has 0 spiro atoms. The maximum Gasteiger partial charge on any atom is 0.0496 e. The molecular weight excluding hydrogens is 160 g/mol. The summed E-state index contributed by atoms with van der Waals surface area (Å²) in [6, 6.07) is 3.65. The molecule has 0 radical (unpaired) electrons. The van der Waals surface area contributed by atoms with Crippen LogP contribution in [-0.4, -0.2) is 10.2 Å². The SMILES string of the molecule is CC.CCC(C)C.c1ccnnc1. The van der Waals surface area contributed by atoms with Crippen LogP contribution < -0.4 is 0 Å². The zero-order chi connectivity index (χ0) is 10.5. The highest BCUT2D eigenvalue weighted by atomic mass is 15.1. The lowest BCUT2D eigenvalue weighted by Crippen LogP contribution is -1.77. The Labute approximate surface area is 82.4 Å². The third kappa shape index (κ3) is 18.2.